The molecule has 0 bridgehead atoms. The first-order valence-electron chi connectivity index (χ1n) is 6.94. The molecule has 1 fully saturated rings. The van der Waals surface area contributed by atoms with Gasteiger partial charge >= 0.3 is 0 Å². The van der Waals surface area contributed by atoms with Crippen molar-refractivity contribution in [3.63, 3.8) is 0 Å². The molecule has 102 valence electrons. The van der Waals surface area contributed by atoms with Gasteiger partial charge in [-0.15, -0.1) is 0 Å². The molecule has 1 aliphatic heterocycles. The lowest BCUT2D eigenvalue weighted by Gasteiger charge is -2.23. The van der Waals surface area contributed by atoms with E-state index in [1.54, 1.807) is 7.11 Å². The number of hydrogen-bond donors (Lipinski definition) is 2. The third kappa shape index (κ3) is 8.55. The van der Waals surface area contributed by atoms with Gasteiger partial charge in [0.25, 0.3) is 0 Å². The molecule has 1 atom stereocenters. The standard InChI is InChI=1S/C13H28N2O2/c1-16-10-11-17-9-5-4-7-14-12-13-6-2-3-8-15-13/h13-15H,2-12H2,1H3. The molecule has 17 heavy (non-hydrogen) atoms. The number of rotatable bonds is 10. The average molecular weight is 244 g/mol. The van der Waals surface area contributed by atoms with Gasteiger partial charge in [-0.05, 0) is 38.8 Å². The Hall–Kier alpha value is -0.160. The van der Waals surface area contributed by atoms with Crippen LogP contribution in [0.5, 0.6) is 0 Å². The summed E-state index contributed by atoms with van der Waals surface area (Å²) in [5.74, 6) is 0. The molecular formula is C13H28N2O2. The Kier molecular flexibility index (Phi) is 9.61. The Labute approximate surface area is 105 Å². The summed E-state index contributed by atoms with van der Waals surface area (Å²) < 4.78 is 10.3. The number of methoxy groups -OCH3 is 1. The molecule has 4 nitrogen and oxygen atoms in total. The lowest BCUT2D eigenvalue weighted by Crippen LogP contribution is -2.41. The van der Waals surface area contributed by atoms with Crippen molar-refractivity contribution >= 4 is 0 Å². The van der Waals surface area contributed by atoms with Gasteiger partial charge in [0.15, 0.2) is 0 Å². The fraction of sp³-hybridized carbons (Fsp3) is 1.00. The third-order valence-corrected chi connectivity index (χ3v) is 3.13. The summed E-state index contributed by atoms with van der Waals surface area (Å²) in [6, 6.07) is 0.696. The highest BCUT2D eigenvalue weighted by molar-refractivity contribution is 4.73. The molecule has 0 saturated carbocycles. The maximum Gasteiger partial charge on any atom is 0.0700 e. The summed E-state index contributed by atoms with van der Waals surface area (Å²) in [4.78, 5) is 0. The van der Waals surface area contributed by atoms with Crippen LogP contribution in [0.1, 0.15) is 32.1 Å². The van der Waals surface area contributed by atoms with Crippen molar-refractivity contribution in [1.82, 2.24) is 10.6 Å². The van der Waals surface area contributed by atoms with Crippen LogP contribution in [0, 0.1) is 0 Å². The third-order valence-electron chi connectivity index (χ3n) is 3.13. The number of ether oxygens (including phenoxy) is 2. The van der Waals surface area contributed by atoms with Crippen LogP contribution < -0.4 is 10.6 Å². The van der Waals surface area contributed by atoms with Crippen LogP contribution >= 0.6 is 0 Å². The van der Waals surface area contributed by atoms with Crippen molar-refractivity contribution in [3.8, 4) is 0 Å². The van der Waals surface area contributed by atoms with Crippen molar-refractivity contribution < 1.29 is 9.47 Å². The van der Waals surface area contributed by atoms with E-state index >= 15 is 0 Å². The fourth-order valence-corrected chi connectivity index (χ4v) is 2.07. The van der Waals surface area contributed by atoms with Gasteiger partial charge in [0.05, 0.1) is 13.2 Å². The molecule has 0 radical (unpaired) electrons. The van der Waals surface area contributed by atoms with Gasteiger partial charge in [0.1, 0.15) is 0 Å². The van der Waals surface area contributed by atoms with E-state index < -0.39 is 0 Å². The van der Waals surface area contributed by atoms with E-state index in [-0.39, 0.29) is 0 Å². The Morgan fingerprint density at radius 2 is 2.12 bits per heavy atom. The van der Waals surface area contributed by atoms with Crippen LogP contribution in [-0.2, 0) is 9.47 Å². The van der Waals surface area contributed by atoms with E-state index in [1.165, 1.54) is 32.2 Å². The van der Waals surface area contributed by atoms with Crippen LogP contribution in [0.4, 0.5) is 0 Å². The zero-order valence-electron chi connectivity index (χ0n) is 11.2. The molecule has 4 heteroatoms. The van der Waals surface area contributed by atoms with Gasteiger partial charge in [-0.25, -0.2) is 0 Å². The highest BCUT2D eigenvalue weighted by Crippen LogP contribution is 2.05. The van der Waals surface area contributed by atoms with Crippen LogP contribution in [0.2, 0.25) is 0 Å². The van der Waals surface area contributed by atoms with E-state index in [0.29, 0.717) is 12.6 Å². The molecular weight excluding hydrogens is 216 g/mol. The fourth-order valence-electron chi connectivity index (χ4n) is 2.07. The largest absolute Gasteiger partial charge is 0.382 e. The molecule has 1 saturated heterocycles. The van der Waals surface area contributed by atoms with Crippen molar-refractivity contribution in [2.75, 3.05) is 46.6 Å². The van der Waals surface area contributed by atoms with E-state index in [1.807, 2.05) is 0 Å². The van der Waals surface area contributed by atoms with Gasteiger partial charge in [-0.2, -0.15) is 0 Å². The number of hydrogen-bond acceptors (Lipinski definition) is 4. The minimum atomic E-state index is 0.696. The van der Waals surface area contributed by atoms with Gasteiger partial charge in [-0.1, -0.05) is 6.42 Å². The summed E-state index contributed by atoms with van der Waals surface area (Å²) in [5.41, 5.74) is 0. The van der Waals surface area contributed by atoms with Crippen LogP contribution in [0.15, 0.2) is 0 Å². The van der Waals surface area contributed by atoms with Crippen LogP contribution in [-0.4, -0.2) is 52.6 Å². The number of nitrogens with one attached hydrogen (secondary N) is 2. The average Bonchev–Trinajstić information content (AvgIpc) is 2.38. The van der Waals surface area contributed by atoms with Gasteiger partial charge in [-0.3, -0.25) is 0 Å². The molecule has 0 aromatic carbocycles. The van der Waals surface area contributed by atoms with E-state index in [2.05, 4.69) is 10.6 Å². The topological polar surface area (TPSA) is 42.5 Å². The smallest absolute Gasteiger partial charge is 0.0700 e. The molecule has 0 spiro atoms. The Morgan fingerprint density at radius 1 is 1.18 bits per heavy atom. The Balaban J connectivity index is 1.75. The second-order valence-corrected chi connectivity index (χ2v) is 4.66. The van der Waals surface area contributed by atoms with Gasteiger partial charge in [0, 0.05) is 26.3 Å². The molecule has 0 amide bonds. The lowest BCUT2D eigenvalue weighted by atomic mass is 10.1. The summed E-state index contributed by atoms with van der Waals surface area (Å²) in [5, 5.41) is 7.06. The van der Waals surface area contributed by atoms with Gasteiger partial charge < -0.3 is 20.1 Å². The van der Waals surface area contributed by atoms with Crippen LogP contribution in [0.3, 0.4) is 0 Å². The molecule has 0 aromatic rings. The highest BCUT2D eigenvalue weighted by atomic mass is 16.5. The zero-order chi connectivity index (χ0) is 12.2. The van der Waals surface area contributed by atoms with Crippen molar-refractivity contribution in [3.05, 3.63) is 0 Å². The van der Waals surface area contributed by atoms with E-state index in [4.69, 9.17) is 9.47 Å². The first-order chi connectivity index (χ1) is 8.43. The molecule has 0 aromatic heterocycles. The normalized spacial score (nSPS) is 20.6. The second kappa shape index (κ2) is 11.0. The maximum absolute atomic E-state index is 5.41. The molecule has 1 unspecified atom stereocenters. The Bertz CT molecular complexity index is 161. The second-order valence-electron chi connectivity index (χ2n) is 4.66. The van der Waals surface area contributed by atoms with E-state index in [9.17, 15) is 0 Å². The summed E-state index contributed by atoms with van der Waals surface area (Å²) in [6.45, 7) is 5.68. The zero-order valence-corrected chi connectivity index (χ0v) is 11.2. The predicted octanol–water partition coefficient (Wildman–Crippen LogP) is 1.16. The first kappa shape index (κ1) is 14.9. The predicted molar refractivity (Wildman–Crippen MR) is 70.4 cm³/mol. The van der Waals surface area contributed by atoms with Gasteiger partial charge in [0.2, 0.25) is 0 Å². The Morgan fingerprint density at radius 3 is 2.88 bits per heavy atom. The SMILES string of the molecule is COCCOCCCCNCC1CCCCN1. The number of piperidine rings is 1. The first-order valence-corrected chi connectivity index (χ1v) is 6.94. The summed E-state index contributed by atoms with van der Waals surface area (Å²) >= 11 is 0. The molecule has 2 N–H and O–H groups in total. The molecule has 1 aliphatic rings. The van der Waals surface area contributed by atoms with Crippen molar-refractivity contribution in [1.29, 1.82) is 0 Å². The number of unbranched alkanes of at least 4 members (excludes halogenated alkanes) is 1. The monoisotopic (exact) mass is 244 g/mol. The molecule has 0 aliphatic carbocycles. The minimum Gasteiger partial charge on any atom is -0.382 e. The molecule has 1 rings (SSSR count). The van der Waals surface area contributed by atoms with Crippen molar-refractivity contribution in [2.45, 2.75) is 38.1 Å². The molecule has 1 heterocycles. The quantitative estimate of drug-likeness (QED) is 0.566. The minimum absolute atomic E-state index is 0.696. The summed E-state index contributed by atoms with van der Waals surface area (Å²) in [7, 11) is 1.70. The lowest BCUT2D eigenvalue weighted by molar-refractivity contribution is 0.0688. The van der Waals surface area contributed by atoms with Crippen molar-refractivity contribution in [2.24, 2.45) is 0 Å². The maximum atomic E-state index is 5.41. The highest BCUT2D eigenvalue weighted by Gasteiger charge is 2.10. The summed E-state index contributed by atoms with van der Waals surface area (Å²) in [6.07, 6.45) is 6.38. The van der Waals surface area contributed by atoms with Crippen LogP contribution in [0.25, 0.3) is 0 Å². The van der Waals surface area contributed by atoms with E-state index in [0.717, 1.165) is 32.7 Å².